The highest BCUT2D eigenvalue weighted by molar-refractivity contribution is 7.94. The van der Waals surface area contributed by atoms with Crippen molar-refractivity contribution >= 4 is 27.0 Å². The fraction of sp³-hybridized carbons (Fsp3) is 0.667. The van der Waals surface area contributed by atoms with Crippen molar-refractivity contribution in [1.82, 2.24) is 0 Å². The summed E-state index contributed by atoms with van der Waals surface area (Å²) in [6.07, 6.45) is 0. The van der Waals surface area contributed by atoms with Crippen molar-refractivity contribution in [3.05, 3.63) is 0 Å². The molecule has 0 aliphatic carbocycles. The minimum atomic E-state index is -3.54. The van der Waals surface area contributed by atoms with Crippen LogP contribution in [-0.2, 0) is 9.99 Å². The van der Waals surface area contributed by atoms with E-state index >= 15 is 0 Å². The van der Waals surface area contributed by atoms with Crippen molar-refractivity contribution in [2.24, 2.45) is 5.14 Å². The summed E-state index contributed by atoms with van der Waals surface area (Å²) in [4.78, 5) is 0. The molecular formula is C3H8ClNO3S. The van der Waals surface area contributed by atoms with Gasteiger partial charge in [0.05, 0.1) is 5.37 Å². The summed E-state index contributed by atoms with van der Waals surface area (Å²) in [7, 11) is -3.54. The number of nitrogens with two attached hydrogens (primary N) is 1. The zero-order chi connectivity index (χ0) is 7.71. The molecule has 0 saturated heterocycles. The van der Waals surface area contributed by atoms with Crippen molar-refractivity contribution in [2.75, 3.05) is 0 Å². The molecule has 0 aliphatic heterocycles. The SMILES string of the molecule is CC(O)(Cl)C=S(N)(=O)O. The van der Waals surface area contributed by atoms with Gasteiger partial charge in [-0.15, -0.1) is 0 Å². The average molecular weight is 174 g/mol. The molecule has 0 aliphatic rings. The second-order valence-corrected chi connectivity index (χ2v) is 3.98. The first kappa shape index (κ1) is 9.19. The number of halogens is 1. The Balaban J connectivity index is 4.53. The Bertz CT molecular complexity index is 192. The molecule has 0 amide bonds. The summed E-state index contributed by atoms with van der Waals surface area (Å²) in [5.74, 6) is 0. The number of alkyl halides is 1. The van der Waals surface area contributed by atoms with Crippen molar-refractivity contribution in [1.29, 1.82) is 0 Å². The first-order valence-corrected chi connectivity index (χ1v) is 4.04. The molecule has 9 heavy (non-hydrogen) atoms. The van der Waals surface area contributed by atoms with Crippen LogP contribution in [0.4, 0.5) is 0 Å². The van der Waals surface area contributed by atoms with E-state index in [1.54, 1.807) is 0 Å². The van der Waals surface area contributed by atoms with E-state index in [1.807, 2.05) is 0 Å². The quantitative estimate of drug-likeness (QED) is 0.365. The van der Waals surface area contributed by atoms with Crippen LogP contribution in [0.5, 0.6) is 0 Å². The van der Waals surface area contributed by atoms with Crippen LogP contribution in [0.25, 0.3) is 0 Å². The summed E-state index contributed by atoms with van der Waals surface area (Å²) >= 11 is 5.10. The summed E-state index contributed by atoms with van der Waals surface area (Å²) < 4.78 is 18.6. The molecule has 0 heterocycles. The molecule has 0 aromatic heterocycles. The summed E-state index contributed by atoms with van der Waals surface area (Å²) in [5, 5.41) is 12.0. The molecule has 56 valence electrons. The van der Waals surface area contributed by atoms with E-state index < -0.39 is 15.0 Å². The smallest absolute Gasteiger partial charge is 0.165 e. The van der Waals surface area contributed by atoms with Gasteiger partial charge in [0, 0.05) is 0 Å². The second kappa shape index (κ2) is 2.43. The van der Waals surface area contributed by atoms with Gasteiger partial charge in [-0.2, -0.15) is 0 Å². The predicted molar refractivity (Wildman–Crippen MR) is 37.5 cm³/mol. The third-order valence-electron chi connectivity index (χ3n) is 0.384. The minimum absolute atomic E-state index is 0.557. The molecule has 0 aromatic rings. The summed E-state index contributed by atoms with van der Waals surface area (Å²) in [6.45, 7) is 1.14. The molecule has 6 heteroatoms. The molecule has 0 radical (unpaired) electrons. The Morgan fingerprint density at radius 2 is 2.22 bits per heavy atom. The third-order valence-corrected chi connectivity index (χ3v) is 1.42. The van der Waals surface area contributed by atoms with Crippen molar-refractivity contribution in [2.45, 2.75) is 12.0 Å². The molecule has 0 aromatic carbocycles. The lowest BCUT2D eigenvalue weighted by Crippen LogP contribution is -2.26. The van der Waals surface area contributed by atoms with Crippen LogP contribution >= 0.6 is 11.6 Å². The zero-order valence-corrected chi connectivity index (χ0v) is 6.32. The fourth-order valence-electron chi connectivity index (χ4n) is 0.308. The molecule has 0 rings (SSSR count). The maximum atomic E-state index is 10.2. The van der Waals surface area contributed by atoms with E-state index in [0.717, 1.165) is 6.92 Å². The van der Waals surface area contributed by atoms with E-state index in [4.69, 9.17) is 21.3 Å². The van der Waals surface area contributed by atoms with Crippen LogP contribution in [0.1, 0.15) is 6.92 Å². The van der Waals surface area contributed by atoms with Gasteiger partial charge in [-0.3, -0.25) is 0 Å². The lowest BCUT2D eigenvalue weighted by atomic mass is 10.5. The van der Waals surface area contributed by atoms with Crippen molar-refractivity contribution < 1.29 is 13.9 Å². The minimum Gasteiger partial charge on any atom is -0.371 e. The van der Waals surface area contributed by atoms with E-state index in [2.05, 4.69) is 5.14 Å². The maximum absolute atomic E-state index is 10.2. The molecule has 4 N–H and O–H groups in total. The highest BCUT2D eigenvalue weighted by atomic mass is 35.5. The van der Waals surface area contributed by atoms with E-state index in [9.17, 15) is 4.21 Å². The Kier molecular flexibility index (Phi) is 2.48. The molecule has 2 unspecified atom stereocenters. The summed E-state index contributed by atoms with van der Waals surface area (Å²) in [6, 6.07) is 0. The van der Waals surface area contributed by atoms with Crippen LogP contribution < -0.4 is 5.14 Å². The van der Waals surface area contributed by atoms with E-state index in [0.29, 0.717) is 5.37 Å². The van der Waals surface area contributed by atoms with Crippen LogP contribution in [0.3, 0.4) is 0 Å². The Morgan fingerprint density at radius 1 is 1.89 bits per heavy atom. The van der Waals surface area contributed by atoms with Gasteiger partial charge in [-0.1, -0.05) is 11.6 Å². The third kappa shape index (κ3) is 8.19. The number of aliphatic hydroxyl groups is 1. The highest BCUT2D eigenvalue weighted by Crippen LogP contribution is 2.04. The van der Waals surface area contributed by atoms with Crippen LogP contribution in [0.2, 0.25) is 0 Å². The Hall–Kier alpha value is 0.190. The average Bonchev–Trinajstić information content (AvgIpc) is 1.14. The molecule has 4 nitrogen and oxygen atoms in total. The van der Waals surface area contributed by atoms with Gasteiger partial charge >= 0.3 is 0 Å². The van der Waals surface area contributed by atoms with Gasteiger partial charge < -0.3 is 9.66 Å². The van der Waals surface area contributed by atoms with Gasteiger partial charge in [-0.05, 0) is 6.92 Å². The van der Waals surface area contributed by atoms with Crippen LogP contribution in [-0.4, -0.2) is 24.3 Å². The second-order valence-electron chi connectivity index (χ2n) is 1.76. The monoisotopic (exact) mass is 173 g/mol. The molecule has 0 bridgehead atoms. The largest absolute Gasteiger partial charge is 0.371 e. The topological polar surface area (TPSA) is 83.5 Å². The Labute approximate surface area is 58.6 Å². The van der Waals surface area contributed by atoms with Crippen molar-refractivity contribution in [3.8, 4) is 0 Å². The number of hydrogen-bond donors (Lipinski definition) is 3. The molecule has 0 spiro atoms. The first-order chi connectivity index (χ1) is 3.71. The van der Waals surface area contributed by atoms with Gasteiger partial charge in [0.1, 0.15) is 9.99 Å². The van der Waals surface area contributed by atoms with Crippen molar-refractivity contribution in [3.63, 3.8) is 0 Å². The lowest BCUT2D eigenvalue weighted by molar-refractivity contribution is 0.227. The van der Waals surface area contributed by atoms with Crippen LogP contribution in [0, 0.1) is 0 Å². The normalized spacial score (nSPS) is 24.1. The Morgan fingerprint density at radius 3 is 2.22 bits per heavy atom. The summed E-state index contributed by atoms with van der Waals surface area (Å²) in [5.41, 5.74) is 0. The number of rotatable bonds is 1. The fourth-order valence-corrected chi connectivity index (χ4v) is 1.31. The molecular weight excluding hydrogens is 166 g/mol. The predicted octanol–water partition coefficient (Wildman–Crippen LogP) is -0.633. The van der Waals surface area contributed by atoms with Gasteiger partial charge in [0.15, 0.2) is 5.06 Å². The zero-order valence-electron chi connectivity index (χ0n) is 4.74. The van der Waals surface area contributed by atoms with Gasteiger partial charge in [0.25, 0.3) is 0 Å². The standard InChI is InChI=1S/C3H8ClNO3S/c1-3(4,6)2-9(5,7)8/h2,6H,1H3,(H3,5,7,8). The van der Waals surface area contributed by atoms with Crippen LogP contribution in [0.15, 0.2) is 0 Å². The first-order valence-electron chi connectivity index (χ1n) is 2.02. The molecule has 0 saturated carbocycles. The van der Waals surface area contributed by atoms with E-state index in [-0.39, 0.29) is 0 Å². The maximum Gasteiger partial charge on any atom is 0.165 e. The number of hydrogen-bond acceptors (Lipinski definition) is 2. The van der Waals surface area contributed by atoms with Gasteiger partial charge in [-0.25, -0.2) is 9.35 Å². The lowest BCUT2D eigenvalue weighted by Gasteiger charge is -2.07. The highest BCUT2D eigenvalue weighted by Gasteiger charge is 2.13. The molecule has 0 fully saturated rings. The van der Waals surface area contributed by atoms with Gasteiger partial charge in [0.2, 0.25) is 0 Å². The molecule has 2 atom stereocenters. The van der Waals surface area contributed by atoms with E-state index in [1.165, 1.54) is 0 Å².